The minimum atomic E-state index is -0.345. The Labute approximate surface area is 161 Å². The highest BCUT2D eigenvalue weighted by Crippen LogP contribution is 2.29. The van der Waals surface area contributed by atoms with E-state index in [1.165, 1.54) is 13.5 Å². The Morgan fingerprint density at radius 3 is 2.54 bits per heavy atom. The number of ether oxygens (including phenoxy) is 1. The number of carbonyl (C=O) groups is 2. The van der Waals surface area contributed by atoms with Crippen molar-refractivity contribution in [2.75, 3.05) is 13.7 Å². The summed E-state index contributed by atoms with van der Waals surface area (Å²) in [6.07, 6.45) is 7.80. The van der Waals surface area contributed by atoms with Gasteiger partial charge in [0.15, 0.2) is 0 Å². The molecule has 1 aliphatic carbocycles. The molecule has 0 spiro atoms. The summed E-state index contributed by atoms with van der Waals surface area (Å²) in [4.78, 5) is 26.6. The molecule has 1 saturated carbocycles. The van der Waals surface area contributed by atoms with Crippen molar-refractivity contribution in [3.63, 3.8) is 0 Å². The van der Waals surface area contributed by atoms with Crippen LogP contribution < -0.4 is 0 Å². The summed E-state index contributed by atoms with van der Waals surface area (Å²) >= 11 is 5.90. The fourth-order valence-corrected chi connectivity index (χ4v) is 3.68. The lowest BCUT2D eigenvalue weighted by atomic mass is 9.84. The topological polar surface area (TPSA) is 46.6 Å². The Morgan fingerprint density at radius 1 is 1.27 bits per heavy atom. The third-order valence-corrected chi connectivity index (χ3v) is 5.36. The van der Waals surface area contributed by atoms with Crippen LogP contribution in [-0.2, 0) is 14.3 Å². The van der Waals surface area contributed by atoms with Crippen molar-refractivity contribution >= 4 is 29.6 Å². The van der Waals surface area contributed by atoms with Crippen LogP contribution in [0.3, 0.4) is 0 Å². The molecule has 26 heavy (non-hydrogen) atoms. The zero-order valence-corrected chi connectivity index (χ0v) is 16.5. The molecule has 1 aliphatic rings. The van der Waals surface area contributed by atoms with Crippen molar-refractivity contribution in [3.8, 4) is 0 Å². The van der Waals surface area contributed by atoms with Gasteiger partial charge >= 0.3 is 5.97 Å². The maximum Gasteiger partial charge on any atom is 0.310 e. The van der Waals surface area contributed by atoms with Gasteiger partial charge in [0.1, 0.15) is 0 Å². The van der Waals surface area contributed by atoms with Crippen molar-refractivity contribution < 1.29 is 14.3 Å². The molecule has 1 aromatic rings. The second-order valence-corrected chi connectivity index (χ2v) is 7.57. The summed E-state index contributed by atoms with van der Waals surface area (Å²) in [5.41, 5.74) is 0.917. The Bertz CT molecular complexity index is 641. The number of hydrogen-bond acceptors (Lipinski definition) is 3. The third kappa shape index (κ3) is 5.60. The SMILES string of the molecule is COC(=O)C(C)CN(C(=O)/C=C/c1ccc(Cl)cc1)C1CCCCC1C. The number of halogens is 1. The second-order valence-electron chi connectivity index (χ2n) is 7.13. The van der Waals surface area contributed by atoms with Crippen LogP contribution in [-0.4, -0.2) is 36.5 Å². The summed E-state index contributed by atoms with van der Waals surface area (Å²) in [6, 6.07) is 7.50. The molecule has 1 aromatic carbocycles. The maximum absolute atomic E-state index is 12.9. The molecular formula is C21H28ClNO3. The predicted octanol–water partition coefficient (Wildman–Crippen LogP) is 4.57. The van der Waals surface area contributed by atoms with Gasteiger partial charge in [-0.2, -0.15) is 0 Å². The van der Waals surface area contributed by atoms with Gasteiger partial charge in [0.05, 0.1) is 13.0 Å². The summed E-state index contributed by atoms with van der Waals surface area (Å²) in [7, 11) is 1.38. The number of esters is 1. The molecule has 0 bridgehead atoms. The molecule has 0 N–H and O–H groups in total. The Kier molecular flexibility index (Phi) is 7.70. The summed E-state index contributed by atoms with van der Waals surface area (Å²) < 4.78 is 4.84. The molecule has 0 heterocycles. The average Bonchev–Trinajstić information content (AvgIpc) is 2.65. The Hall–Kier alpha value is -1.81. The van der Waals surface area contributed by atoms with Crippen LogP contribution >= 0.6 is 11.6 Å². The van der Waals surface area contributed by atoms with Crippen LogP contribution in [0.25, 0.3) is 6.08 Å². The van der Waals surface area contributed by atoms with Gasteiger partial charge in [-0.05, 0) is 42.5 Å². The van der Waals surface area contributed by atoms with Crippen LogP contribution in [0.1, 0.15) is 45.1 Å². The van der Waals surface area contributed by atoms with Crippen molar-refractivity contribution in [1.82, 2.24) is 4.90 Å². The lowest BCUT2D eigenvalue weighted by Gasteiger charge is -2.39. The van der Waals surface area contributed by atoms with E-state index in [9.17, 15) is 9.59 Å². The predicted molar refractivity (Wildman–Crippen MR) is 105 cm³/mol. The van der Waals surface area contributed by atoms with Gasteiger partial charge in [-0.1, -0.05) is 50.4 Å². The molecule has 1 amide bonds. The minimum absolute atomic E-state index is 0.0607. The highest BCUT2D eigenvalue weighted by atomic mass is 35.5. The summed E-state index contributed by atoms with van der Waals surface area (Å²) in [6.45, 7) is 4.38. The first kappa shape index (κ1) is 20.5. The van der Waals surface area contributed by atoms with E-state index in [0.717, 1.165) is 24.8 Å². The number of benzene rings is 1. The maximum atomic E-state index is 12.9. The molecule has 5 heteroatoms. The van der Waals surface area contributed by atoms with Gasteiger partial charge in [-0.15, -0.1) is 0 Å². The largest absolute Gasteiger partial charge is 0.469 e. The number of amides is 1. The van der Waals surface area contributed by atoms with Crippen LogP contribution in [0.5, 0.6) is 0 Å². The van der Waals surface area contributed by atoms with Gasteiger partial charge in [-0.3, -0.25) is 9.59 Å². The van der Waals surface area contributed by atoms with E-state index in [1.54, 1.807) is 24.3 Å². The molecule has 2 rings (SSSR count). The van der Waals surface area contributed by atoms with Crippen molar-refractivity contribution in [3.05, 3.63) is 40.9 Å². The number of nitrogens with zero attached hydrogens (tertiary/aromatic N) is 1. The number of hydrogen-bond donors (Lipinski definition) is 0. The van der Waals surface area contributed by atoms with Gasteiger partial charge in [0.2, 0.25) is 5.91 Å². The quantitative estimate of drug-likeness (QED) is 0.539. The van der Waals surface area contributed by atoms with Gasteiger partial charge < -0.3 is 9.64 Å². The lowest BCUT2D eigenvalue weighted by Crippen LogP contribution is -2.47. The molecule has 0 saturated heterocycles. The van der Waals surface area contributed by atoms with Crippen molar-refractivity contribution in [2.45, 2.75) is 45.6 Å². The number of methoxy groups -OCH3 is 1. The molecule has 1 fully saturated rings. The fraction of sp³-hybridized carbons (Fsp3) is 0.524. The molecule has 142 valence electrons. The van der Waals surface area contributed by atoms with E-state index in [4.69, 9.17) is 16.3 Å². The van der Waals surface area contributed by atoms with Crippen LogP contribution in [0, 0.1) is 11.8 Å². The summed E-state index contributed by atoms with van der Waals surface area (Å²) in [5, 5.41) is 0.665. The first-order valence-corrected chi connectivity index (χ1v) is 9.62. The lowest BCUT2D eigenvalue weighted by molar-refractivity contribution is -0.146. The number of rotatable bonds is 6. The molecule has 4 nitrogen and oxygen atoms in total. The Balaban J connectivity index is 2.16. The van der Waals surface area contributed by atoms with Gasteiger partial charge in [0, 0.05) is 23.7 Å². The zero-order chi connectivity index (χ0) is 19.1. The summed E-state index contributed by atoms with van der Waals surface area (Å²) in [5.74, 6) is -0.258. The molecule has 0 radical (unpaired) electrons. The molecular weight excluding hydrogens is 350 g/mol. The highest BCUT2D eigenvalue weighted by Gasteiger charge is 2.31. The minimum Gasteiger partial charge on any atom is -0.469 e. The molecule has 0 aliphatic heterocycles. The fourth-order valence-electron chi connectivity index (χ4n) is 3.56. The van der Waals surface area contributed by atoms with E-state index in [0.29, 0.717) is 17.5 Å². The van der Waals surface area contributed by atoms with Gasteiger partial charge in [0.25, 0.3) is 0 Å². The van der Waals surface area contributed by atoms with Crippen LogP contribution in [0.15, 0.2) is 30.3 Å². The molecule has 3 atom stereocenters. The first-order valence-electron chi connectivity index (χ1n) is 9.24. The number of carbonyl (C=O) groups excluding carboxylic acids is 2. The standard InChI is InChI=1S/C21H28ClNO3/c1-15-6-4-5-7-19(15)23(14-16(2)21(25)26-3)20(24)13-10-17-8-11-18(22)12-9-17/h8-13,15-16,19H,4-7,14H2,1-3H3/b13-10+. The average molecular weight is 378 g/mol. The van der Waals surface area contributed by atoms with Crippen molar-refractivity contribution in [2.24, 2.45) is 11.8 Å². The van der Waals surface area contributed by atoms with E-state index < -0.39 is 0 Å². The monoisotopic (exact) mass is 377 g/mol. The first-order chi connectivity index (χ1) is 12.4. The smallest absolute Gasteiger partial charge is 0.310 e. The highest BCUT2D eigenvalue weighted by molar-refractivity contribution is 6.30. The Morgan fingerprint density at radius 2 is 1.92 bits per heavy atom. The van der Waals surface area contributed by atoms with Crippen LogP contribution in [0.4, 0.5) is 0 Å². The second kappa shape index (κ2) is 9.77. The normalized spacial score (nSPS) is 21.4. The third-order valence-electron chi connectivity index (χ3n) is 5.11. The van der Waals surface area contributed by atoms with E-state index in [1.807, 2.05) is 24.0 Å². The van der Waals surface area contributed by atoms with E-state index in [-0.39, 0.29) is 23.8 Å². The van der Waals surface area contributed by atoms with E-state index >= 15 is 0 Å². The van der Waals surface area contributed by atoms with Gasteiger partial charge in [-0.25, -0.2) is 0 Å². The molecule has 3 unspecified atom stereocenters. The van der Waals surface area contributed by atoms with E-state index in [2.05, 4.69) is 6.92 Å². The van der Waals surface area contributed by atoms with Crippen LogP contribution in [0.2, 0.25) is 5.02 Å². The zero-order valence-electron chi connectivity index (χ0n) is 15.8. The molecule has 0 aromatic heterocycles. The van der Waals surface area contributed by atoms with Crippen molar-refractivity contribution in [1.29, 1.82) is 0 Å².